The van der Waals surface area contributed by atoms with Crippen molar-refractivity contribution < 1.29 is 18.0 Å². The Morgan fingerprint density at radius 2 is 1.89 bits per heavy atom. The third kappa shape index (κ3) is 5.16. The van der Waals surface area contributed by atoms with Gasteiger partial charge < -0.3 is 14.8 Å². The van der Waals surface area contributed by atoms with Crippen molar-refractivity contribution in [1.29, 1.82) is 0 Å². The van der Waals surface area contributed by atoms with Crippen LogP contribution in [0.25, 0.3) is 5.69 Å². The number of alkyl halides is 3. The number of piperidine rings is 1. The predicted molar refractivity (Wildman–Crippen MR) is 126 cm³/mol. The van der Waals surface area contributed by atoms with E-state index < -0.39 is 11.7 Å². The van der Waals surface area contributed by atoms with Crippen LogP contribution in [0, 0.1) is 25.7 Å². The van der Waals surface area contributed by atoms with E-state index in [1.165, 1.54) is 6.07 Å². The molecule has 3 atom stereocenters. The average Bonchev–Trinajstić information content (AvgIpc) is 3.44. The first kappa shape index (κ1) is 24.7. The number of fused-ring (bicyclic) bond motifs is 1. The van der Waals surface area contributed by atoms with Gasteiger partial charge in [0.15, 0.2) is 5.69 Å². The van der Waals surface area contributed by atoms with Crippen LogP contribution in [-0.4, -0.2) is 49.5 Å². The van der Waals surface area contributed by atoms with Crippen molar-refractivity contribution in [1.82, 2.24) is 24.4 Å². The summed E-state index contributed by atoms with van der Waals surface area (Å²) in [5.74, 6) is 1.27. The number of carbonyl (C=O) groups excluding carboxylic acids is 1. The summed E-state index contributed by atoms with van der Waals surface area (Å²) in [6.07, 6.45) is 1.85. The van der Waals surface area contributed by atoms with Gasteiger partial charge in [0.2, 0.25) is 0 Å². The molecule has 2 aliphatic rings. The van der Waals surface area contributed by atoms with Gasteiger partial charge in [-0.2, -0.15) is 13.2 Å². The van der Waals surface area contributed by atoms with Crippen LogP contribution in [0.2, 0.25) is 0 Å². The van der Waals surface area contributed by atoms with Crippen molar-refractivity contribution in [2.45, 2.75) is 46.3 Å². The summed E-state index contributed by atoms with van der Waals surface area (Å²) in [6, 6.07) is 5.95. The SMILES string of the molecule is C.Cc1cn(-c2ccc(C)nc2C(=O)N2C[C@@H]3C[C@@H]3C[C@H]2CNc2ccc(C(F)(F)F)cn2)cn1. The van der Waals surface area contributed by atoms with Gasteiger partial charge >= 0.3 is 6.18 Å². The van der Waals surface area contributed by atoms with Crippen molar-refractivity contribution in [3.8, 4) is 5.69 Å². The molecule has 0 aromatic carbocycles. The number of hydrogen-bond acceptors (Lipinski definition) is 5. The number of aryl methyl sites for hydroxylation is 2. The molecule has 0 bridgehead atoms. The van der Waals surface area contributed by atoms with Crippen LogP contribution in [0.5, 0.6) is 0 Å². The molecule has 1 aliphatic heterocycles. The van der Waals surface area contributed by atoms with Crippen molar-refractivity contribution >= 4 is 11.7 Å². The molecule has 1 saturated heterocycles. The lowest BCUT2D eigenvalue weighted by Gasteiger charge is -2.36. The van der Waals surface area contributed by atoms with E-state index in [0.29, 0.717) is 42.1 Å². The number of aromatic nitrogens is 4. The third-order valence-electron chi connectivity index (χ3n) is 6.59. The summed E-state index contributed by atoms with van der Waals surface area (Å²) >= 11 is 0. The molecule has 35 heavy (non-hydrogen) atoms. The standard InChI is InChI=1S/C24H25F3N6O.CH4/c1-14-3-5-20(32-11-15(2)30-13-32)22(31-14)23(34)33-12-17-7-16(17)8-19(33)10-29-21-6-4-18(9-28-21)24(25,26)27;/h3-6,9,11,13,16-17,19H,7-8,10,12H2,1-2H3,(H,28,29);1H4/t16-,17+,19+;/m1./s1. The molecule has 0 unspecified atom stereocenters. The molecule has 5 rings (SSSR count). The number of rotatable bonds is 5. The zero-order valence-electron chi connectivity index (χ0n) is 18.9. The topological polar surface area (TPSA) is 75.9 Å². The lowest BCUT2D eigenvalue weighted by atomic mass is 10.0. The van der Waals surface area contributed by atoms with Crippen molar-refractivity contribution in [3.63, 3.8) is 0 Å². The number of carbonyl (C=O) groups is 1. The second-order valence-electron chi connectivity index (χ2n) is 9.16. The Bertz CT molecular complexity index is 1210. The summed E-state index contributed by atoms with van der Waals surface area (Å²) < 4.78 is 40.2. The van der Waals surface area contributed by atoms with Crippen LogP contribution in [0.15, 0.2) is 43.0 Å². The molecule has 3 aromatic heterocycles. The van der Waals surface area contributed by atoms with Gasteiger partial charge in [0.05, 0.1) is 23.3 Å². The number of imidazole rings is 1. The Morgan fingerprint density at radius 1 is 1.09 bits per heavy atom. The van der Waals surface area contributed by atoms with E-state index in [-0.39, 0.29) is 19.4 Å². The van der Waals surface area contributed by atoms with E-state index in [4.69, 9.17) is 0 Å². The molecule has 7 nitrogen and oxygen atoms in total. The Balaban J connectivity index is 0.00000289. The van der Waals surface area contributed by atoms with Gasteiger partial charge in [-0.25, -0.2) is 15.0 Å². The average molecular weight is 487 g/mol. The zero-order chi connectivity index (χ0) is 24.0. The number of halogens is 3. The molecule has 186 valence electrons. The fraction of sp³-hybridized carbons (Fsp3) is 0.440. The lowest BCUT2D eigenvalue weighted by Crippen LogP contribution is -2.48. The highest BCUT2D eigenvalue weighted by molar-refractivity contribution is 5.96. The molecule has 1 aliphatic carbocycles. The maximum Gasteiger partial charge on any atom is 0.417 e. The summed E-state index contributed by atoms with van der Waals surface area (Å²) in [5.41, 5.74) is 1.83. The molecular formula is C25H29F3N6O. The largest absolute Gasteiger partial charge is 0.417 e. The molecule has 1 saturated carbocycles. The lowest BCUT2D eigenvalue weighted by molar-refractivity contribution is -0.137. The van der Waals surface area contributed by atoms with Gasteiger partial charge in [0.1, 0.15) is 5.82 Å². The minimum atomic E-state index is -4.43. The van der Waals surface area contributed by atoms with E-state index in [1.54, 1.807) is 10.9 Å². The second kappa shape index (κ2) is 9.31. The quantitative estimate of drug-likeness (QED) is 0.555. The Kier molecular flexibility index (Phi) is 6.57. The molecule has 4 heterocycles. The van der Waals surface area contributed by atoms with E-state index >= 15 is 0 Å². The molecule has 3 aromatic rings. The fourth-order valence-corrected chi connectivity index (χ4v) is 4.64. The molecule has 0 radical (unpaired) electrons. The number of likely N-dealkylation sites (tertiary alicyclic amines) is 1. The normalized spacial score (nSPS) is 21.2. The number of anilines is 1. The van der Waals surface area contributed by atoms with Gasteiger partial charge in [-0.15, -0.1) is 0 Å². The maximum atomic E-state index is 13.8. The van der Waals surface area contributed by atoms with Gasteiger partial charge in [-0.05, 0) is 62.8 Å². The Labute approximate surface area is 202 Å². The van der Waals surface area contributed by atoms with Crippen molar-refractivity contribution in [2.24, 2.45) is 11.8 Å². The highest BCUT2D eigenvalue weighted by Crippen LogP contribution is 2.47. The van der Waals surface area contributed by atoms with Crippen LogP contribution in [0.1, 0.15) is 47.7 Å². The summed E-state index contributed by atoms with van der Waals surface area (Å²) in [6.45, 7) is 4.78. The summed E-state index contributed by atoms with van der Waals surface area (Å²) in [5, 5.41) is 3.12. The van der Waals surface area contributed by atoms with Crippen LogP contribution < -0.4 is 5.32 Å². The van der Waals surface area contributed by atoms with Gasteiger partial charge in [0.25, 0.3) is 5.91 Å². The van der Waals surface area contributed by atoms with E-state index in [1.807, 2.05) is 37.1 Å². The zero-order valence-corrected chi connectivity index (χ0v) is 18.9. The maximum absolute atomic E-state index is 13.8. The first-order valence-electron chi connectivity index (χ1n) is 11.3. The number of nitrogens with zero attached hydrogens (tertiary/aromatic N) is 5. The summed E-state index contributed by atoms with van der Waals surface area (Å²) in [4.78, 5) is 28.4. The van der Waals surface area contributed by atoms with Gasteiger partial charge in [-0.1, -0.05) is 7.43 Å². The van der Waals surface area contributed by atoms with Crippen LogP contribution >= 0.6 is 0 Å². The number of pyridine rings is 2. The first-order chi connectivity index (χ1) is 16.2. The molecule has 1 amide bonds. The smallest absolute Gasteiger partial charge is 0.368 e. The number of nitrogens with one attached hydrogen (secondary N) is 1. The monoisotopic (exact) mass is 486 g/mol. The minimum Gasteiger partial charge on any atom is -0.368 e. The van der Waals surface area contributed by atoms with E-state index in [0.717, 1.165) is 36.5 Å². The van der Waals surface area contributed by atoms with Crippen molar-refractivity contribution in [2.75, 3.05) is 18.4 Å². The Hall–Kier alpha value is -3.43. The van der Waals surface area contributed by atoms with E-state index in [9.17, 15) is 18.0 Å². The molecule has 1 N–H and O–H groups in total. The van der Waals surface area contributed by atoms with Crippen LogP contribution in [0.3, 0.4) is 0 Å². The molecule has 10 heteroatoms. The first-order valence-corrected chi connectivity index (χ1v) is 11.3. The van der Waals surface area contributed by atoms with Crippen LogP contribution in [0.4, 0.5) is 19.0 Å². The number of hydrogen-bond donors (Lipinski definition) is 1. The highest BCUT2D eigenvalue weighted by Gasteiger charge is 2.47. The molecule has 2 fully saturated rings. The predicted octanol–water partition coefficient (Wildman–Crippen LogP) is 4.90. The minimum absolute atomic E-state index is 0. The number of amides is 1. The fourth-order valence-electron chi connectivity index (χ4n) is 4.64. The van der Waals surface area contributed by atoms with Gasteiger partial charge in [0, 0.05) is 37.2 Å². The summed E-state index contributed by atoms with van der Waals surface area (Å²) in [7, 11) is 0. The van der Waals surface area contributed by atoms with Gasteiger partial charge in [-0.3, -0.25) is 4.79 Å². The Morgan fingerprint density at radius 3 is 2.54 bits per heavy atom. The third-order valence-corrected chi connectivity index (χ3v) is 6.59. The highest BCUT2D eigenvalue weighted by atomic mass is 19.4. The molecular weight excluding hydrogens is 457 g/mol. The van der Waals surface area contributed by atoms with Crippen molar-refractivity contribution in [3.05, 3.63) is 65.6 Å². The molecule has 0 spiro atoms. The van der Waals surface area contributed by atoms with Crippen LogP contribution in [-0.2, 0) is 6.18 Å². The second-order valence-corrected chi connectivity index (χ2v) is 9.16. The van der Waals surface area contributed by atoms with E-state index in [2.05, 4.69) is 20.3 Å².